The lowest BCUT2D eigenvalue weighted by Gasteiger charge is -2.19. The third kappa shape index (κ3) is 4.30. The van der Waals surface area contributed by atoms with Crippen LogP contribution in [0.5, 0.6) is 11.5 Å². The molecule has 174 valence electrons. The van der Waals surface area contributed by atoms with E-state index in [0.29, 0.717) is 48.2 Å². The minimum absolute atomic E-state index is 0.207. The van der Waals surface area contributed by atoms with E-state index in [1.54, 1.807) is 4.31 Å². The zero-order valence-electron chi connectivity index (χ0n) is 18.3. The van der Waals surface area contributed by atoms with E-state index in [4.69, 9.17) is 9.47 Å². The number of thiazole rings is 1. The second-order valence-electron chi connectivity index (χ2n) is 8.17. The van der Waals surface area contributed by atoms with Crippen molar-refractivity contribution in [1.29, 1.82) is 0 Å². The van der Waals surface area contributed by atoms with Gasteiger partial charge in [-0.2, -0.15) is 9.30 Å². The lowest BCUT2D eigenvalue weighted by Crippen LogP contribution is -2.31. The Balaban J connectivity index is 1.42. The molecule has 2 aliphatic heterocycles. The molecule has 0 radical (unpaired) electrons. The van der Waals surface area contributed by atoms with Crippen molar-refractivity contribution < 1.29 is 22.7 Å². The van der Waals surface area contributed by atoms with Gasteiger partial charge in [0.2, 0.25) is 10.0 Å². The van der Waals surface area contributed by atoms with Gasteiger partial charge in [-0.3, -0.25) is 4.79 Å². The van der Waals surface area contributed by atoms with Gasteiger partial charge in [0.15, 0.2) is 16.3 Å². The number of aryl methyl sites for hydroxylation is 1. The molecule has 0 N–H and O–H groups in total. The SMILES string of the molecule is Cn1c(=NC(=O)c2ccc(S(=O)(=O)N3CCCCCC3)cc2)sc2cc3c(cc21)OCCO3. The molecule has 2 aromatic carbocycles. The molecular weight excluding hydrogens is 462 g/mol. The van der Waals surface area contributed by atoms with Gasteiger partial charge in [0.05, 0.1) is 15.1 Å². The number of fused-ring (bicyclic) bond motifs is 2. The molecule has 1 amide bonds. The third-order valence-electron chi connectivity index (χ3n) is 5.97. The fraction of sp³-hybridized carbons (Fsp3) is 0.391. The maximum Gasteiger partial charge on any atom is 0.279 e. The van der Waals surface area contributed by atoms with Crippen LogP contribution in [0.1, 0.15) is 36.0 Å². The first-order valence-electron chi connectivity index (χ1n) is 11.0. The molecule has 10 heteroatoms. The number of carbonyl (C=O) groups excluding carboxylic acids is 1. The van der Waals surface area contributed by atoms with Gasteiger partial charge >= 0.3 is 0 Å². The summed E-state index contributed by atoms with van der Waals surface area (Å²) in [6.07, 6.45) is 3.86. The number of rotatable bonds is 3. The fourth-order valence-corrected chi connectivity index (χ4v) is 6.67. The van der Waals surface area contributed by atoms with E-state index in [2.05, 4.69) is 4.99 Å². The Labute approximate surface area is 196 Å². The number of ether oxygens (including phenoxy) is 2. The van der Waals surface area contributed by atoms with Gasteiger partial charge in [-0.05, 0) is 37.1 Å². The van der Waals surface area contributed by atoms with Gasteiger partial charge in [-0.15, -0.1) is 0 Å². The van der Waals surface area contributed by atoms with Crippen LogP contribution in [-0.2, 0) is 17.1 Å². The molecule has 0 atom stereocenters. The fourth-order valence-electron chi connectivity index (χ4n) is 4.12. The van der Waals surface area contributed by atoms with E-state index in [1.165, 1.54) is 35.6 Å². The van der Waals surface area contributed by atoms with Crippen LogP contribution in [0.2, 0.25) is 0 Å². The van der Waals surface area contributed by atoms with Crippen molar-refractivity contribution in [2.75, 3.05) is 26.3 Å². The highest BCUT2D eigenvalue weighted by atomic mass is 32.2. The van der Waals surface area contributed by atoms with Gasteiger partial charge in [-0.25, -0.2) is 8.42 Å². The van der Waals surface area contributed by atoms with Crippen LogP contribution in [0.4, 0.5) is 0 Å². The topological polar surface area (TPSA) is 90.2 Å². The number of carbonyl (C=O) groups is 1. The molecule has 1 aromatic heterocycles. The number of sulfonamides is 1. The maximum absolute atomic E-state index is 13.0. The summed E-state index contributed by atoms with van der Waals surface area (Å²) in [6, 6.07) is 9.86. The average molecular weight is 488 g/mol. The van der Waals surface area contributed by atoms with Gasteiger partial charge in [0, 0.05) is 37.8 Å². The van der Waals surface area contributed by atoms with Gasteiger partial charge in [-0.1, -0.05) is 24.2 Å². The minimum atomic E-state index is -3.55. The largest absolute Gasteiger partial charge is 0.486 e. The molecular formula is C23H25N3O5S2. The summed E-state index contributed by atoms with van der Waals surface area (Å²) in [5, 5.41) is 0. The molecule has 33 heavy (non-hydrogen) atoms. The number of hydrogen-bond donors (Lipinski definition) is 0. The summed E-state index contributed by atoms with van der Waals surface area (Å²) in [7, 11) is -1.71. The molecule has 0 aliphatic carbocycles. The number of nitrogens with zero attached hydrogens (tertiary/aromatic N) is 3. The van der Waals surface area contributed by atoms with Crippen molar-refractivity contribution in [3.8, 4) is 11.5 Å². The Morgan fingerprint density at radius 2 is 1.61 bits per heavy atom. The highest BCUT2D eigenvalue weighted by Gasteiger charge is 2.25. The first-order chi connectivity index (χ1) is 15.9. The highest BCUT2D eigenvalue weighted by Crippen LogP contribution is 2.35. The molecule has 3 heterocycles. The van der Waals surface area contributed by atoms with Crippen molar-refractivity contribution in [2.45, 2.75) is 30.6 Å². The van der Waals surface area contributed by atoms with Gasteiger partial charge in [0.1, 0.15) is 13.2 Å². The molecule has 0 bridgehead atoms. The molecule has 0 spiro atoms. The molecule has 0 saturated carbocycles. The van der Waals surface area contributed by atoms with Crippen LogP contribution >= 0.6 is 11.3 Å². The van der Waals surface area contributed by atoms with Crippen LogP contribution in [0.3, 0.4) is 0 Å². The monoisotopic (exact) mass is 487 g/mol. The van der Waals surface area contributed by atoms with E-state index in [9.17, 15) is 13.2 Å². The van der Waals surface area contributed by atoms with Gasteiger partial charge in [0.25, 0.3) is 5.91 Å². The maximum atomic E-state index is 13.0. The van der Waals surface area contributed by atoms with Crippen molar-refractivity contribution in [3.05, 3.63) is 46.8 Å². The zero-order valence-corrected chi connectivity index (χ0v) is 20.0. The molecule has 8 nitrogen and oxygen atoms in total. The molecule has 3 aromatic rings. The lowest BCUT2D eigenvalue weighted by molar-refractivity contribution is 0.0998. The Kier molecular flexibility index (Phi) is 5.98. The predicted molar refractivity (Wildman–Crippen MR) is 125 cm³/mol. The summed E-state index contributed by atoms with van der Waals surface area (Å²) in [6.45, 7) is 2.10. The van der Waals surface area contributed by atoms with E-state index in [0.717, 1.165) is 35.9 Å². The lowest BCUT2D eigenvalue weighted by atomic mass is 10.2. The first-order valence-corrected chi connectivity index (χ1v) is 13.3. The predicted octanol–water partition coefficient (Wildman–Crippen LogP) is 3.32. The van der Waals surface area contributed by atoms with Crippen molar-refractivity contribution in [2.24, 2.45) is 12.0 Å². The third-order valence-corrected chi connectivity index (χ3v) is 8.98. The molecule has 5 rings (SSSR count). The second-order valence-corrected chi connectivity index (χ2v) is 11.1. The van der Waals surface area contributed by atoms with E-state index in [-0.39, 0.29) is 4.90 Å². The van der Waals surface area contributed by atoms with E-state index < -0.39 is 15.9 Å². The van der Waals surface area contributed by atoms with Crippen LogP contribution in [-0.4, -0.2) is 49.5 Å². The average Bonchev–Trinajstić information content (AvgIpc) is 3.01. The summed E-state index contributed by atoms with van der Waals surface area (Å²) in [5.74, 6) is 0.948. The van der Waals surface area contributed by atoms with Crippen molar-refractivity contribution >= 4 is 37.5 Å². The van der Waals surface area contributed by atoms with E-state index >= 15 is 0 Å². The molecule has 1 saturated heterocycles. The number of amides is 1. The van der Waals surface area contributed by atoms with Crippen molar-refractivity contribution in [3.63, 3.8) is 0 Å². The summed E-state index contributed by atoms with van der Waals surface area (Å²) < 4.78 is 41.5. The molecule has 0 unspecified atom stereocenters. The first kappa shape index (κ1) is 22.1. The van der Waals surface area contributed by atoms with Crippen LogP contribution < -0.4 is 14.3 Å². The smallest absolute Gasteiger partial charge is 0.279 e. The normalized spacial score (nSPS) is 17.8. The van der Waals surface area contributed by atoms with Crippen LogP contribution in [0.25, 0.3) is 10.2 Å². The van der Waals surface area contributed by atoms with Crippen LogP contribution in [0, 0.1) is 0 Å². The number of aromatic nitrogens is 1. The van der Waals surface area contributed by atoms with Gasteiger partial charge < -0.3 is 14.0 Å². The van der Waals surface area contributed by atoms with E-state index in [1.807, 2.05) is 23.7 Å². The summed E-state index contributed by atoms with van der Waals surface area (Å²) in [5.41, 5.74) is 1.24. The Morgan fingerprint density at radius 3 is 2.27 bits per heavy atom. The Bertz CT molecular complexity index is 1370. The molecule has 1 fully saturated rings. The summed E-state index contributed by atoms with van der Waals surface area (Å²) in [4.78, 5) is 17.9. The standard InChI is InChI=1S/C23H25N3O5S2/c1-25-18-14-19-20(31-13-12-30-19)15-21(18)32-23(25)24-22(27)16-6-8-17(9-7-16)33(28,29)26-10-4-2-3-5-11-26/h6-9,14-15H,2-5,10-13H2,1H3. The highest BCUT2D eigenvalue weighted by molar-refractivity contribution is 7.89. The van der Waals surface area contributed by atoms with Crippen LogP contribution in [0.15, 0.2) is 46.3 Å². The number of hydrogen-bond acceptors (Lipinski definition) is 6. The summed E-state index contributed by atoms with van der Waals surface area (Å²) >= 11 is 1.39. The minimum Gasteiger partial charge on any atom is -0.486 e. The zero-order chi connectivity index (χ0) is 23.0. The van der Waals surface area contributed by atoms with Crippen molar-refractivity contribution in [1.82, 2.24) is 8.87 Å². The number of benzene rings is 2. The second kappa shape index (κ2) is 8.92. The Morgan fingerprint density at radius 1 is 0.970 bits per heavy atom. The quantitative estimate of drug-likeness (QED) is 0.565. The Hall–Kier alpha value is -2.69. The molecule has 2 aliphatic rings.